The highest BCUT2D eigenvalue weighted by Crippen LogP contribution is 2.22. The van der Waals surface area contributed by atoms with E-state index >= 15 is 0 Å². The van der Waals surface area contributed by atoms with Gasteiger partial charge in [-0.3, -0.25) is 19.3 Å². The number of aromatic nitrogens is 4. The summed E-state index contributed by atoms with van der Waals surface area (Å²) in [5.41, 5.74) is 6.15. The number of nitrogens with zero attached hydrogens (tertiary/aromatic N) is 4. The fraction of sp³-hybridized carbons (Fsp3) is 0.250. The maximum Gasteiger partial charge on any atom is 0.277 e. The Hall–Kier alpha value is -2.96. The van der Waals surface area contributed by atoms with E-state index in [2.05, 4.69) is 9.97 Å². The fourth-order valence-corrected chi connectivity index (χ4v) is 2.70. The normalized spacial score (nSPS) is 11.8. The molecule has 3 rings (SSSR count). The van der Waals surface area contributed by atoms with E-state index in [4.69, 9.17) is 5.73 Å². The summed E-state index contributed by atoms with van der Waals surface area (Å²) >= 11 is 0. The van der Waals surface area contributed by atoms with Gasteiger partial charge in [-0.1, -0.05) is 0 Å². The van der Waals surface area contributed by atoms with Gasteiger partial charge in [0.05, 0.1) is 16.7 Å². The summed E-state index contributed by atoms with van der Waals surface area (Å²) in [6.45, 7) is 4.98. The predicted octanol–water partition coefficient (Wildman–Crippen LogP) is 0.952. The number of primary amides is 1. The Morgan fingerprint density at radius 2 is 1.87 bits per heavy atom. The molecule has 0 bridgehead atoms. The molecule has 23 heavy (non-hydrogen) atoms. The van der Waals surface area contributed by atoms with Crippen molar-refractivity contribution in [2.45, 2.75) is 26.2 Å². The van der Waals surface area contributed by atoms with Crippen molar-refractivity contribution in [2.75, 3.05) is 0 Å². The molecule has 0 atom stereocenters. The molecule has 3 aromatic rings. The Morgan fingerprint density at radius 3 is 2.48 bits per heavy atom. The molecule has 0 aromatic carbocycles. The Morgan fingerprint density at radius 1 is 1.22 bits per heavy atom. The van der Waals surface area contributed by atoms with Crippen LogP contribution in [-0.2, 0) is 10.2 Å². The van der Waals surface area contributed by atoms with Gasteiger partial charge in [0.2, 0.25) is 5.91 Å². The smallest absolute Gasteiger partial charge is 0.277 e. The third-order valence-electron chi connectivity index (χ3n) is 4.02. The lowest BCUT2D eigenvalue weighted by Crippen LogP contribution is -2.42. The van der Waals surface area contributed by atoms with Crippen LogP contribution in [0.1, 0.15) is 25.1 Å². The van der Waals surface area contributed by atoms with Crippen molar-refractivity contribution in [2.24, 2.45) is 5.73 Å². The molecule has 0 aliphatic heterocycles. The lowest BCUT2D eigenvalue weighted by molar-refractivity contribution is -0.122. The van der Waals surface area contributed by atoms with Crippen LogP contribution < -0.4 is 11.3 Å². The minimum atomic E-state index is -1.11. The molecular weight excluding hydrogens is 294 g/mol. The van der Waals surface area contributed by atoms with Gasteiger partial charge in [0, 0.05) is 30.4 Å². The van der Waals surface area contributed by atoms with E-state index in [-0.39, 0.29) is 5.56 Å². The van der Waals surface area contributed by atoms with Gasteiger partial charge in [-0.2, -0.15) is 4.52 Å². The highest BCUT2D eigenvalue weighted by atomic mass is 16.2. The zero-order chi connectivity index (χ0) is 16.8. The molecule has 0 unspecified atom stereocenters. The van der Waals surface area contributed by atoms with Crippen molar-refractivity contribution < 1.29 is 4.79 Å². The van der Waals surface area contributed by atoms with Gasteiger partial charge in [0.25, 0.3) is 5.56 Å². The van der Waals surface area contributed by atoms with Gasteiger partial charge in [-0.25, -0.2) is 4.98 Å². The van der Waals surface area contributed by atoms with Crippen LogP contribution in [0.25, 0.3) is 11.3 Å². The number of pyridine rings is 1. The van der Waals surface area contributed by atoms with E-state index in [0.717, 1.165) is 5.69 Å². The molecule has 1 amide bonds. The SMILES string of the molecule is Cc1nc2ccn(-c3ccncc3)n2c(=O)c1C(C)(C)C(N)=O. The highest BCUT2D eigenvalue weighted by Gasteiger charge is 2.33. The average Bonchev–Trinajstić information content (AvgIpc) is 2.91. The highest BCUT2D eigenvalue weighted by molar-refractivity contribution is 5.86. The Kier molecular flexibility index (Phi) is 3.28. The van der Waals surface area contributed by atoms with Gasteiger partial charge in [0.15, 0.2) is 5.65 Å². The number of hydrogen-bond donors (Lipinski definition) is 1. The third kappa shape index (κ3) is 2.21. The molecule has 0 radical (unpaired) electrons. The lowest BCUT2D eigenvalue weighted by atomic mass is 9.84. The number of carbonyl (C=O) groups is 1. The summed E-state index contributed by atoms with van der Waals surface area (Å²) in [5.74, 6) is -0.568. The number of hydrogen-bond acceptors (Lipinski definition) is 4. The Bertz CT molecular complexity index is 954. The lowest BCUT2D eigenvalue weighted by Gasteiger charge is -2.22. The molecule has 0 saturated carbocycles. The Labute approximate surface area is 132 Å². The molecule has 0 aliphatic rings. The topological polar surface area (TPSA) is 95.3 Å². The molecular formula is C16H17N5O2. The maximum atomic E-state index is 13.0. The van der Waals surface area contributed by atoms with Crippen molar-refractivity contribution >= 4 is 11.6 Å². The average molecular weight is 311 g/mol. The summed E-state index contributed by atoms with van der Waals surface area (Å²) in [6, 6.07) is 5.31. The quantitative estimate of drug-likeness (QED) is 0.779. The zero-order valence-electron chi connectivity index (χ0n) is 13.1. The molecule has 3 aromatic heterocycles. The van der Waals surface area contributed by atoms with Crippen LogP contribution >= 0.6 is 0 Å². The molecule has 0 fully saturated rings. The van der Waals surface area contributed by atoms with E-state index in [0.29, 0.717) is 16.9 Å². The van der Waals surface area contributed by atoms with E-state index in [1.165, 1.54) is 4.52 Å². The number of rotatable bonds is 3. The largest absolute Gasteiger partial charge is 0.369 e. The minimum Gasteiger partial charge on any atom is -0.369 e. The number of carbonyl (C=O) groups excluding carboxylic acids is 1. The van der Waals surface area contributed by atoms with E-state index in [1.807, 2.05) is 0 Å². The Balaban J connectivity index is 2.38. The predicted molar refractivity (Wildman–Crippen MR) is 85.5 cm³/mol. The summed E-state index contributed by atoms with van der Waals surface area (Å²) in [7, 11) is 0. The van der Waals surface area contributed by atoms with Gasteiger partial charge >= 0.3 is 0 Å². The summed E-state index contributed by atoms with van der Waals surface area (Å²) in [4.78, 5) is 33.2. The second-order valence-electron chi connectivity index (χ2n) is 5.90. The van der Waals surface area contributed by atoms with E-state index in [1.54, 1.807) is 62.2 Å². The monoisotopic (exact) mass is 311 g/mol. The molecule has 2 N–H and O–H groups in total. The van der Waals surface area contributed by atoms with Gasteiger partial charge in [-0.05, 0) is 32.9 Å². The van der Waals surface area contributed by atoms with Crippen molar-refractivity contribution in [3.05, 3.63) is 58.4 Å². The molecule has 118 valence electrons. The van der Waals surface area contributed by atoms with Crippen LogP contribution in [-0.4, -0.2) is 25.1 Å². The number of nitrogens with two attached hydrogens (primary N) is 1. The summed E-state index contributed by atoms with van der Waals surface area (Å²) in [6.07, 6.45) is 5.03. The zero-order valence-corrected chi connectivity index (χ0v) is 13.1. The second-order valence-corrected chi connectivity index (χ2v) is 5.90. The number of fused-ring (bicyclic) bond motifs is 1. The molecule has 0 saturated heterocycles. The molecule has 0 spiro atoms. The van der Waals surface area contributed by atoms with Crippen molar-refractivity contribution in [3.63, 3.8) is 0 Å². The van der Waals surface area contributed by atoms with Crippen molar-refractivity contribution in [3.8, 4) is 5.69 Å². The van der Waals surface area contributed by atoms with Crippen LogP contribution in [0.4, 0.5) is 0 Å². The van der Waals surface area contributed by atoms with Crippen molar-refractivity contribution in [1.82, 2.24) is 19.2 Å². The number of amides is 1. The molecule has 0 aliphatic carbocycles. The first-order valence-corrected chi connectivity index (χ1v) is 7.16. The van der Waals surface area contributed by atoms with Gasteiger partial charge in [-0.15, -0.1) is 0 Å². The van der Waals surface area contributed by atoms with Crippen LogP contribution in [0.5, 0.6) is 0 Å². The molecule has 7 nitrogen and oxygen atoms in total. The van der Waals surface area contributed by atoms with E-state index < -0.39 is 11.3 Å². The summed E-state index contributed by atoms with van der Waals surface area (Å²) < 4.78 is 3.11. The van der Waals surface area contributed by atoms with Crippen LogP contribution in [0.2, 0.25) is 0 Å². The second kappa shape index (κ2) is 5.05. The maximum absolute atomic E-state index is 13.0. The first kappa shape index (κ1) is 15.0. The summed E-state index contributed by atoms with van der Waals surface area (Å²) in [5, 5.41) is 0. The molecule has 7 heteroatoms. The fourth-order valence-electron chi connectivity index (χ4n) is 2.70. The van der Waals surface area contributed by atoms with Crippen LogP contribution in [0.15, 0.2) is 41.6 Å². The van der Waals surface area contributed by atoms with E-state index in [9.17, 15) is 9.59 Å². The van der Waals surface area contributed by atoms with Gasteiger partial charge in [0.1, 0.15) is 0 Å². The standard InChI is InChI=1S/C16H17N5O2/c1-10-13(16(2,3)15(17)23)14(22)21-12(19-10)6-9-20(21)11-4-7-18-8-5-11/h4-9H,1-3H3,(H2,17,23). The molecule has 3 heterocycles. The third-order valence-corrected chi connectivity index (χ3v) is 4.02. The van der Waals surface area contributed by atoms with Gasteiger partial charge < -0.3 is 5.73 Å². The first-order chi connectivity index (χ1) is 10.8. The van der Waals surface area contributed by atoms with Crippen LogP contribution in [0, 0.1) is 6.92 Å². The van der Waals surface area contributed by atoms with Crippen LogP contribution in [0.3, 0.4) is 0 Å². The first-order valence-electron chi connectivity index (χ1n) is 7.16. The minimum absolute atomic E-state index is 0.302. The van der Waals surface area contributed by atoms with Crippen molar-refractivity contribution in [1.29, 1.82) is 0 Å². The number of aryl methyl sites for hydroxylation is 1.